The Morgan fingerprint density at radius 1 is 1.11 bits per heavy atom. The number of hydrogen-bond donors (Lipinski definition) is 2. The minimum absolute atomic E-state index is 0.0594. The third kappa shape index (κ3) is 5.19. The van der Waals surface area contributed by atoms with Gasteiger partial charge in [0.25, 0.3) is 0 Å². The summed E-state index contributed by atoms with van der Waals surface area (Å²) in [4.78, 5) is 24.6. The topological polar surface area (TPSA) is 69.6 Å². The fourth-order valence-electron chi connectivity index (χ4n) is 2.77. The van der Waals surface area contributed by atoms with Crippen molar-refractivity contribution in [3.8, 4) is 0 Å². The molecule has 5 nitrogen and oxygen atoms in total. The van der Waals surface area contributed by atoms with E-state index in [1.807, 2.05) is 4.90 Å². The SMILES string of the molecule is O=C(O)CCN(CC(=O)NC1CCCCC1)C1CC1. The average molecular weight is 268 g/mol. The van der Waals surface area contributed by atoms with Crippen molar-refractivity contribution >= 4 is 11.9 Å². The predicted molar refractivity (Wildman–Crippen MR) is 71.9 cm³/mol. The summed E-state index contributed by atoms with van der Waals surface area (Å²) in [6, 6.07) is 0.762. The molecule has 0 aliphatic heterocycles. The zero-order valence-electron chi connectivity index (χ0n) is 11.4. The summed E-state index contributed by atoms with van der Waals surface area (Å²) >= 11 is 0. The molecule has 2 aliphatic carbocycles. The van der Waals surface area contributed by atoms with E-state index < -0.39 is 5.97 Å². The number of aliphatic carboxylic acids is 1. The van der Waals surface area contributed by atoms with Crippen molar-refractivity contribution < 1.29 is 14.7 Å². The van der Waals surface area contributed by atoms with Gasteiger partial charge in [0.05, 0.1) is 13.0 Å². The molecular weight excluding hydrogens is 244 g/mol. The zero-order chi connectivity index (χ0) is 13.7. The highest BCUT2D eigenvalue weighted by molar-refractivity contribution is 5.78. The molecule has 0 heterocycles. The van der Waals surface area contributed by atoms with E-state index >= 15 is 0 Å². The van der Waals surface area contributed by atoms with Crippen LogP contribution in [-0.2, 0) is 9.59 Å². The maximum absolute atomic E-state index is 12.0. The van der Waals surface area contributed by atoms with Gasteiger partial charge in [0.1, 0.15) is 0 Å². The molecule has 5 heteroatoms. The Hall–Kier alpha value is -1.10. The van der Waals surface area contributed by atoms with Gasteiger partial charge in [0.15, 0.2) is 0 Å². The first kappa shape index (κ1) is 14.3. The van der Waals surface area contributed by atoms with E-state index in [0.717, 1.165) is 25.7 Å². The molecule has 0 saturated heterocycles. The van der Waals surface area contributed by atoms with E-state index in [2.05, 4.69) is 5.32 Å². The number of carbonyl (C=O) groups is 2. The number of carboxylic acid groups (broad SMARTS) is 1. The lowest BCUT2D eigenvalue weighted by atomic mass is 9.95. The first-order valence-electron chi connectivity index (χ1n) is 7.40. The Morgan fingerprint density at radius 3 is 2.37 bits per heavy atom. The Bertz CT molecular complexity index is 323. The van der Waals surface area contributed by atoms with Crippen molar-refractivity contribution in [1.82, 2.24) is 10.2 Å². The van der Waals surface area contributed by atoms with Crippen molar-refractivity contribution in [3.05, 3.63) is 0 Å². The summed E-state index contributed by atoms with van der Waals surface area (Å²) in [5, 5.41) is 11.8. The van der Waals surface area contributed by atoms with E-state index in [4.69, 9.17) is 5.11 Å². The van der Waals surface area contributed by atoms with Gasteiger partial charge in [-0.1, -0.05) is 19.3 Å². The van der Waals surface area contributed by atoms with Gasteiger partial charge in [0, 0.05) is 18.6 Å². The molecular formula is C14H24N2O3. The second-order valence-corrected chi connectivity index (χ2v) is 5.75. The fraction of sp³-hybridized carbons (Fsp3) is 0.857. The van der Waals surface area contributed by atoms with Crippen LogP contribution in [0.1, 0.15) is 51.4 Å². The standard InChI is InChI=1S/C14H24N2O3/c17-13(15-11-4-2-1-3-5-11)10-16(12-6-7-12)9-8-14(18)19/h11-12H,1-10H2,(H,15,17)(H,18,19). The molecule has 0 bridgehead atoms. The quantitative estimate of drug-likeness (QED) is 0.732. The van der Waals surface area contributed by atoms with Crippen molar-refractivity contribution in [2.24, 2.45) is 0 Å². The van der Waals surface area contributed by atoms with E-state index in [-0.39, 0.29) is 12.3 Å². The van der Waals surface area contributed by atoms with E-state index in [1.165, 1.54) is 19.3 Å². The monoisotopic (exact) mass is 268 g/mol. The van der Waals surface area contributed by atoms with E-state index in [1.54, 1.807) is 0 Å². The minimum atomic E-state index is -0.793. The van der Waals surface area contributed by atoms with Gasteiger partial charge in [-0.05, 0) is 25.7 Å². The summed E-state index contributed by atoms with van der Waals surface area (Å²) in [6.07, 6.45) is 8.17. The Balaban J connectivity index is 1.72. The van der Waals surface area contributed by atoms with E-state index in [0.29, 0.717) is 25.2 Å². The third-order valence-corrected chi connectivity index (χ3v) is 3.99. The first-order chi connectivity index (χ1) is 9.15. The normalized spacial score (nSPS) is 20.5. The number of carboxylic acids is 1. The van der Waals surface area contributed by atoms with Crippen molar-refractivity contribution in [3.63, 3.8) is 0 Å². The summed E-state index contributed by atoms with van der Waals surface area (Å²) < 4.78 is 0. The van der Waals surface area contributed by atoms with Gasteiger partial charge in [-0.15, -0.1) is 0 Å². The molecule has 0 radical (unpaired) electrons. The summed E-state index contributed by atoms with van der Waals surface area (Å²) in [6.45, 7) is 0.840. The molecule has 1 amide bonds. The van der Waals surface area contributed by atoms with Crippen LogP contribution in [0.3, 0.4) is 0 Å². The summed E-state index contributed by atoms with van der Waals surface area (Å²) in [5.74, 6) is -0.734. The number of hydrogen-bond acceptors (Lipinski definition) is 3. The molecule has 0 aromatic carbocycles. The van der Waals surface area contributed by atoms with Gasteiger partial charge in [-0.25, -0.2) is 0 Å². The maximum Gasteiger partial charge on any atom is 0.304 e. The number of carbonyl (C=O) groups excluding carboxylic acids is 1. The highest BCUT2D eigenvalue weighted by Gasteiger charge is 2.30. The van der Waals surface area contributed by atoms with Gasteiger partial charge < -0.3 is 10.4 Å². The molecule has 0 spiro atoms. The van der Waals surface area contributed by atoms with Crippen LogP contribution in [0.4, 0.5) is 0 Å². The molecule has 0 aromatic heterocycles. The average Bonchev–Trinajstić information content (AvgIpc) is 3.19. The molecule has 2 saturated carbocycles. The van der Waals surface area contributed by atoms with Crippen molar-refractivity contribution in [2.75, 3.05) is 13.1 Å². The molecule has 0 aromatic rings. The van der Waals surface area contributed by atoms with Gasteiger partial charge >= 0.3 is 5.97 Å². The second-order valence-electron chi connectivity index (χ2n) is 5.75. The fourth-order valence-corrected chi connectivity index (χ4v) is 2.77. The van der Waals surface area contributed by atoms with Gasteiger partial charge in [-0.3, -0.25) is 14.5 Å². The number of nitrogens with zero attached hydrogens (tertiary/aromatic N) is 1. The molecule has 19 heavy (non-hydrogen) atoms. The van der Waals surface area contributed by atoms with Crippen LogP contribution in [-0.4, -0.2) is 47.1 Å². The van der Waals surface area contributed by atoms with Crippen molar-refractivity contribution in [1.29, 1.82) is 0 Å². The zero-order valence-corrected chi connectivity index (χ0v) is 11.4. The molecule has 0 unspecified atom stereocenters. The highest BCUT2D eigenvalue weighted by atomic mass is 16.4. The van der Waals surface area contributed by atoms with Crippen LogP contribution in [0.2, 0.25) is 0 Å². The van der Waals surface area contributed by atoms with Crippen LogP contribution in [0.5, 0.6) is 0 Å². The van der Waals surface area contributed by atoms with Crippen LogP contribution < -0.4 is 5.32 Å². The lowest BCUT2D eigenvalue weighted by Crippen LogP contribution is -2.44. The van der Waals surface area contributed by atoms with Crippen LogP contribution >= 0.6 is 0 Å². The van der Waals surface area contributed by atoms with Gasteiger partial charge in [0.2, 0.25) is 5.91 Å². The van der Waals surface area contributed by atoms with E-state index in [9.17, 15) is 9.59 Å². The summed E-state index contributed by atoms with van der Waals surface area (Å²) in [7, 11) is 0. The highest BCUT2D eigenvalue weighted by Crippen LogP contribution is 2.26. The van der Waals surface area contributed by atoms with Crippen molar-refractivity contribution in [2.45, 2.75) is 63.5 Å². The Labute approximate surface area is 114 Å². The third-order valence-electron chi connectivity index (χ3n) is 3.99. The Kier molecular flexibility index (Phi) is 5.19. The van der Waals surface area contributed by atoms with Crippen LogP contribution in [0.25, 0.3) is 0 Å². The summed E-state index contributed by atoms with van der Waals surface area (Å²) in [5.41, 5.74) is 0. The van der Waals surface area contributed by atoms with Crippen LogP contribution in [0.15, 0.2) is 0 Å². The second kappa shape index (κ2) is 6.89. The van der Waals surface area contributed by atoms with Crippen LogP contribution in [0, 0.1) is 0 Å². The molecule has 2 N–H and O–H groups in total. The predicted octanol–water partition coefficient (Wildman–Crippen LogP) is 1.37. The lowest BCUT2D eigenvalue weighted by molar-refractivity contribution is -0.137. The van der Waals surface area contributed by atoms with Gasteiger partial charge in [-0.2, -0.15) is 0 Å². The Morgan fingerprint density at radius 2 is 1.79 bits per heavy atom. The molecule has 2 aliphatic rings. The largest absolute Gasteiger partial charge is 0.481 e. The molecule has 108 valence electrons. The lowest BCUT2D eigenvalue weighted by Gasteiger charge is -2.25. The molecule has 2 rings (SSSR count). The molecule has 0 atom stereocenters. The molecule has 2 fully saturated rings. The first-order valence-corrected chi connectivity index (χ1v) is 7.40. The minimum Gasteiger partial charge on any atom is -0.481 e. The number of amides is 1. The maximum atomic E-state index is 12.0. The number of nitrogens with one attached hydrogen (secondary N) is 1. The smallest absolute Gasteiger partial charge is 0.304 e. The number of rotatable bonds is 7.